The number of benzene rings is 1. The minimum absolute atomic E-state index is 0.717. The molecule has 0 amide bonds. The molecule has 15 heteroatoms. The SMILES string of the molecule is FC(F)(F)C1(C(F)(F)F)OC(=Nc2ccccc2)C(C(F)(F)F)(C(F)(F)F)O1. The Morgan fingerprint density at radius 3 is 1.43 bits per heavy atom. The van der Waals surface area contributed by atoms with Crippen LogP contribution in [-0.4, -0.2) is 42.0 Å². The van der Waals surface area contributed by atoms with Gasteiger partial charge in [-0.2, -0.15) is 52.7 Å². The summed E-state index contributed by atoms with van der Waals surface area (Å²) in [4.78, 5) is 2.60. The Bertz CT molecular complexity index is 716. The third-order valence-electron chi connectivity index (χ3n) is 3.37. The number of hydrogen-bond donors (Lipinski definition) is 0. The van der Waals surface area contributed by atoms with E-state index in [1.807, 2.05) is 0 Å². The first kappa shape index (κ1) is 22.1. The molecule has 1 aromatic carbocycles. The lowest BCUT2D eigenvalue weighted by atomic mass is 10.0. The Morgan fingerprint density at radius 1 is 0.643 bits per heavy atom. The highest BCUT2D eigenvalue weighted by Crippen LogP contribution is 2.60. The molecule has 1 aromatic rings. The first-order valence-electron chi connectivity index (χ1n) is 6.69. The van der Waals surface area contributed by atoms with Gasteiger partial charge in [-0.3, -0.25) is 4.74 Å². The number of ether oxygens (including phenoxy) is 2. The summed E-state index contributed by atoms with van der Waals surface area (Å²) in [6.07, 6.45) is -27.4. The molecule has 1 aliphatic heterocycles. The van der Waals surface area contributed by atoms with Gasteiger partial charge in [0.25, 0.3) is 0 Å². The van der Waals surface area contributed by atoms with Crippen LogP contribution in [0.1, 0.15) is 0 Å². The predicted octanol–water partition coefficient (Wildman–Crippen LogP) is 5.45. The summed E-state index contributed by atoms with van der Waals surface area (Å²) < 4.78 is 163. The van der Waals surface area contributed by atoms with Crippen LogP contribution in [0.25, 0.3) is 0 Å². The second kappa shape index (κ2) is 6.15. The van der Waals surface area contributed by atoms with Crippen LogP contribution < -0.4 is 0 Å². The molecule has 0 N–H and O–H groups in total. The van der Waals surface area contributed by atoms with E-state index in [4.69, 9.17) is 0 Å². The third-order valence-corrected chi connectivity index (χ3v) is 3.37. The molecule has 158 valence electrons. The van der Waals surface area contributed by atoms with E-state index in [2.05, 4.69) is 14.5 Å². The third kappa shape index (κ3) is 3.14. The zero-order chi connectivity index (χ0) is 21.8. The highest BCUT2D eigenvalue weighted by molar-refractivity contribution is 5.91. The Hall–Kier alpha value is -2.19. The van der Waals surface area contributed by atoms with Crippen LogP contribution in [0, 0.1) is 0 Å². The smallest absolute Gasteiger partial charge is 0.429 e. The fourth-order valence-electron chi connectivity index (χ4n) is 2.12. The number of rotatable bonds is 1. The van der Waals surface area contributed by atoms with Crippen molar-refractivity contribution in [3.8, 4) is 0 Å². The van der Waals surface area contributed by atoms with Crippen molar-refractivity contribution in [3.63, 3.8) is 0 Å². The van der Waals surface area contributed by atoms with Crippen molar-refractivity contribution in [1.82, 2.24) is 0 Å². The van der Waals surface area contributed by atoms with E-state index in [1.54, 1.807) is 0 Å². The maximum Gasteiger partial charge on any atom is 0.465 e. The summed E-state index contributed by atoms with van der Waals surface area (Å²) >= 11 is 0. The largest absolute Gasteiger partial charge is 0.465 e. The van der Waals surface area contributed by atoms with E-state index < -0.39 is 47.7 Å². The van der Waals surface area contributed by atoms with Crippen molar-refractivity contribution >= 4 is 11.6 Å². The number of halogens is 12. The van der Waals surface area contributed by atoms with Gasteiger partial charge in [-0.15, -0.1) is 0 Å². The number of hydrogen-bond acceptors (Lipinski definition) is 3. The highest BCUT2D eigenvalue weighted by Gasteiger charge is 2.91. The normalized spacial score (nSPS) is 21.6. The second-order valence-corrected chi connectivity index (χ2v) is 5.25. The maximum absolute atomic E-state index is 13.2. The molecular formula is C13H5F12NO2. The maximum atomic E-state index is 13.2. The van der Waals surface area contributed by atoms with Crippen molar-refractivity contribution in [2.45, 2.75) is 36.1 Å². The molecule has 0 bridgehead atoms. The van der Waals surface area contributed by atoms with Crippen LogP contribution in [-0.2, 0) is 9.47 Å². The van der Waals surface area contributed by atoms with E-state index >= 15 is 0 Å². The van der Waals surface area contributed by atoms with Crippen molar-refractivity contribution in [1.29, 1.82) is 0 Å². The summed E-state index contributed by atoms with van der Waals surface area (Å²) in [5.41, 5.74) is -6.97. The molecular weight excluding hydrogens is 430 g/mol. The fourth-order valence-corrected chi connectivity index (χ4v) is 2.12. The Kier molecular flexibility index (Phi) is 4.86. The first-order chi connectivity index (χ1) is 12.4. The predicted molar refractivity (Wildman–Crippen MR) is 65.4 cm³/mol. The van der Waals surface area contributed by atoms with Crippen LogP contribution in [0.2, 0.25) is 0 Å². The average Bonchev–Trinajstić information content (AvgIpc) is 2.85. The quantitative estimate of drug-likeness (QED) is 0.550. The summed E-state index contributed by atoms with van der Waals surface area (Å²) in [5, 5.41) is 0. The molecule has 1 aliphatic rings. The van der Waals surface area contributed by atoms with Crippen molar-refractivity contribution < 1.29 is 62.2 Å². The van der Waals surface area contributed by atoms with E-state index in [0.29, 0.717) is 0 Å². The van der Waals surface area contributed by atoms with Crippen LogP contribution in [0.3, 0.4) is 0 Å². The van der Waals surface area contributed by atoms with Crippen LogP contribution in [0.5, 0.6) is 0 Å². The van der Waals surface area contributed by atoms with Gasteiger partial charge in [0.2, 0.25) is 5.90 Å². The topological polar surface area (TPSA) is 30.8 Å². The average molecular weight is 435 g/mol. The van der Waals surface area contributed by atoms with Crippen LogP contribution >= 0.6 is 0 Å². The molecule has 0 aromatic heterocycles. The van der Waals surface area contributed by atoms with Gasteiger partial charge < -0.3 is 4.74 Å². The molecule has 28 heavy (non-hydrogen) atoms. The van der Waals surface area contributed by atoms with E-state index in [-0.39, 0.29) is 0 Å². The summed E-state index contributed by atoms with van der Waals surface area (Å²) in [5.74, 6) is -9.26. The zero-order valence-electron chi connectivity index (χ0n) is 12.7. The van der Waals surface area contributed by atoms with Gasteiger partial charge in [-0.05, 0) is 12.1 Å². The number of para-hydroxylation sites is 1. The number of nitrogens with zero attached hydrogens (tertiary/aromatic N) is 1. The van der Waals surface area contributed by atoms with Crippen LogP contribution in [0.15, 0.2) is 35.3 Å². The first-order valence-corrected chi connectivity index (χ1v) is 6.69. The molecule has 1 saturated heterocycles. The second-order valence-electron chi connectivity index (χ2n) is 5.25. The lowest BCUT2D eigenvalue weighted by Crippen LogP contribution is -2.65. The minimum atomic E-state index is -6.87. The molecule has 3 nitrogen and oxygen atoms in total. The number of aliphatic imine (C=N–C) groups is 1. The molecule has 0 aliphatic carbocycles. The van der Waals surface area contributed by atoms with Gasteiger partial charge in [-0.25, -0.2) is 4.99 Å². The van der Waals surface area contributed by atoms with Gasteiger partial charge in [0.1, 0.15) is 0 Å². The van der Waals surface area contributed by atoms with Crippen molar-refractivity contribution in [2.75, 3.05) is 0 Å². The van der Waals surface area contributed by atoms with Crippen molar-refractivity contribution in [2.24, 2.45) is 4.99 Å². The van der Waals surface area contributed by atoms with Gasteiger partial charge in [0, 0.05) is 0 Å². The summed E-state index contributed by atoms with van der Waals surface area (Å²) in [6, 6.07) is 4.63. The lowest BCUT2D eigenvalue weighted by Gasteiger charge is -2.34. The molecule has 1 fully saturated rings. The van der Waals surface area contributed by atoms with E-state index in [0.717, 1.165) is 24.3 Å². The van der Waals surface area contributed by atoms with Gasteiger partial charge in [-0.1, -0.05) is 18.2 Å². The van der Waals surface area contributed by atoms with Crippen molar-refractivity contribution in [3.05, 3.63) is 30.3 Å². The Morgan fingerprint density at radius 2 is 1.07 bits per heavy atom. The number of alkyl halides is 12. The molecule has 1 heterocycles. The Labute approximate surface area is 146 Å². The molecule has 0 atom stereocenters. The molecule has 0 spiro atoms. The molecule has 0 saturated carbocycles. The van der Waals surface area contributed by atoms with E-state index in [9.17, 15) is 52.7 Å². The standard InChI is InChI=1S/C13H5F12NO2/c14-10(15,16)8(11(17,18)19)7(26-6-4-2-1-3-5-6)27-9(28-8,12(20,21)22)13(23,24)25/h1-5H. The van der Waals surface area contributed by atoms with Gasteiger partial charge >= 0.3 is 36.1 Å². The van der Waals surface area contributed by atoms with E-state index in [1.165, 1.54) is 6.07 Å². The lowest BCUT2D eigenvalue weighted by molar-refractivity contribution is -0.473. The monoisotopic (exact) mass is 435 g/mol. The summed E-state index contributed by atoms with van der Waals surface area (Å²) in [6.45, 7) is 0. The van der Waals surface area contributed by atoms with Gasteiger partial charge in [0.15, 0.2) is 0 Å². The molecule has 0 radical (unpaired) electrons. The summed E-state index contributed by atoms with van der Waals surface area (Å²) in [7, 11) is 0. The highest BCUT2D eigenvalue weighted by atomic mass is 19.4. The van der Waals surface area contributed by atoms with Gasteiger partial charge in [0.05, 0.1) is 5.69 Å². The van der Waals surface area contributed by atoms with Crippen LogP contribution in [0.4, 0.5) is 58.4 Å². The molecule has 2 rings (SSSR count). The molecule has 0 unspecified atom stereocenters. The Balaban J connectivity index is 2.89. The minimum Gasteiger partial charge on any atom is -0.429 e. The zero-order valence-corrected chi connectivity index (χ0v) is 12.7. The fraction of sp³-hybridized carbons (Fsp3) is 0.462.